The van der Waals surface area contributed by atoms with Gasteiger partial charge in [-0.05, 0) is 39.8 Å². The van der Waals surface area contributed by atoms with E-state index in [0.717, 1.165) is 5.56 Å². The van der Waals surface area contributed by atoms with Crippen LogP contribution in [0.1, 0.15) is 40.2 Å². The molecule has 0 amide bonds. The molecule has 0 aliphatic carbocycles. The number of ether oxygens (including phenoxy) is 3. The highest BCUT2D eigenvalue weighted by molar-refractivity contribution is 7.86. The Morgan fingerprint density at radius 3 is 2.18 bits per heavy atom. The summed E-state index contributed by atoms with van der Waals surface area (Å²) in [4.78, 5) is 23.2. The van der Waals surface area contributed by atoms with Crippen molar-refractivity contribution < 1.29 is 36.4 Å². The van der Waals surface area contributed by atoms with Gasteiger partial charge in [-0.2, -0.15) is 8.42 Å². The summed E-state index contributed by atoms with van der Waals surface area (Å²) in [5.41, 5.74) is -1.75. The molecule has 1 fully saturated rings. The number of carbonyl (C=O) groups excluding carboxylic acids is 2. The van der Waals surface area contributed by atoms with Crippen molar-refractivity contribution in [3.05, 3.63) is 29.8 Å². The largest absolute Gasteiger partial charge is 0.455 e. The average Bonchev–Trinajstić information content (AvgIpc) is 2.74. The Morgan fingerprint density at radius 1 is 1.11 bits per heavy atom. The minimum absolute atomic E-state index is 0.000436. The molecule has 1 aromatic carbocycles. The van der Waals surface area contributed by atoms with Crippen LogP contribution in [-0.4, -0.2) is 50.4 Å². The van der Waals surface area contributed by atoms with Crippen molar-refractivity contribution in [1.82, 2.24) is 0 Å². The Hall–Kier alpha value is -1.97. The van der Waals surface area contributed by atoms with E-state index >= 15 is 0 Å². The number of hydrogen-bond acceptors (Lipinski definition) is 8. The van der Waals surface area contributed by atoms with E-state index in [1.54, 1.807) is 32.9 Å². The molecule has 9 heteroatoms. The molecule has 156 valence electrons. The van der Waals surface area contributed by atoms with Crippen LogP contribution in [0.25, 0.3) is 0 Å². The minimum Gasteiger partial charge on any atom is -0.455 e. The van der Waals surface area contributed by atoms with Crippen molar-refractivity contribution in [3.8, 4) is 0 Å². The monoisotopic (exact) mass is 414 g/mol. The van der Waals surface area contributed by atoms with Crippen molar-refractivity contribution >= 4 is 22.1 Å². The zero-order valence-electron chi connectivity index (χ0n) is 16.8. The SMILES string of the molecule is CC(=O)O[C@H]1[C@](C)(OC(C)=O)[C@H](C)O[C@]1(C)COS(=O)(=O)c1ccc(C)cc1. The molecule has 2 rings (SSSR count). The number of aryl methyl sites for hydroxylation is 1. The van der Waals surface area contributed by atoms with E-state index in [1.807, 2.05) is 6.92 Å². The summed E-state index contributed by atoms with van der Waals surface area (Å²) in [5.74, 6) is -1.19. The lowest BCUT2D eigenvalue weighted by atomic mass is 9.87. The fraction of sp³-hybridized carbons (Fsp3) is 0.579. The molecule has 1 aliphatic heterocycles. The minimum atomic E-state index is -4.06. The maximum Gasteiger partial charge on any atom is 0.303 e. The quantitative estimate of drug-likeness (QED) is 0.515. The van der Waals surface area contributed by atoms with Gasteiger partial charge in [0.25, 0.3) is 10.1 Å². The van der Waals surface area contributed by atoms with Crippen LogP contribution in [0.3, 0.4) is 0 Å². The van der Waals surface area contributed by atoms with Crippen molar-refractivity contribution in [1.29, 1.82) is 0 Å². The molecule has 0 saturated carbocycles. The highest BCUT2D eigenvalue weighted by atomic mass is 32.2. The molecule has 0 unspecified atom stereocenters. The second kappa shape index (κ2) is 7.81. The Bertz CT molecular complexity index is 847. The Labute approximate surface area is 165 Å². The third-order valence-electron chi connectivity index (χ3n) is 4.79. The fourth-order valence-corrected chi connectivity index (χ4v) is 4.33. The molecule has 0 N–H and O–H groups in total. The predicted molar refractivity (Wildman–Crippen MR) is 99.0 cm³/mol. The summed E-state index contributed by atoms with van der Waals surface area (Å²) in [6.07, 6.45) is -1.74. The number of esters is 2. The number of carbonyl (C=O) groups is 2. The lowest BCUT2D eigenvalue weighted by Crippen LogP contribution is -2.54. The average molecular weight is 414 g/mol. The summed E-state index contributed by atoms with van der Waals surface area (Å²) in [5, 5.41) is 0. The van der Waals surface area contributed by atoms with Gasteiger partial charge in [-0.1, -0.05) is 17.7 Å². The van der Waals surface area contributed by atoms with E-state index in [4.69, 9.17) is 18.4 Å². The second-order valence-electron chi connectivity index (χ2n) is 7.37. The first-order chi connectivity index (χ1) is 12.8. The summed E-state index contributed by atoms with van der Waals surface area (Å²) in [7, 11) is -4.06. The zero-order valence-corrected chi connectivity index (χ0v) is 17.7. The molecule has 4 atom stereocenters. The molecule has 1 saturated heterocycles. The van der Waals surface area contributed by atoms with Crippen LogP contribution in [0.5, 0.6) is 0 Å². The van der Waals surface area contributed by atoms with Crippen molar-refractivity contribution in [3.63, 3.8) is 0 Å². The molecule has 0 aromatic heterocycles. The van der Waals surface area contributed by atoms with Crippen molar-refractivity contribution in [2.45, 2.75) is 69.8 Å². The first kappa shape index (κ1) is 22.3. The van der Waals surface area contributed by atoms with Gasteiger partial charge in [0, 0.05) is 13.8 Å². The maximum atomic E-state index is 12.5. The smallest absolute Gasteiger partial charge is 0.303 e. The number of hydrogen-bond donors (Lipinski definition) is 0. The van der Waals surface area contributed by atoms with Crippen LogP contribution in [0.4, 0.5) is 0 Å². The van der Waals surface area contributed by atoms with Gasteiger partial charge in [0.05, 0.1) is 17.6 Å². The molecule has 8 nitrogen and oxygen atoms in total. The van der Waals surface area contributed by atoms with Gasteiger partial charge < -0.3 is 14.2 Å². The first-order valence-electron chi connectivity index (χ1n) is 8.81. The second-order valence-corrected chi connectivity index (χ2v) is 8.98. The Kier molecular flexibility index (Phi) is 6.22. The molecule has 0 bridgehead atoms. The third-order valence-corrected chi connectivity index (χ3v) is 6.06. The lowest BCUT2D eigenvalue weighted by Gasteiger charge is -2.35. The van der Waals surface area contributed by atoms with E-state index in [-0.39, 0.29) is 4.90 Å². The molecule has 1 aliphatic rings. The van der Waals surface area contributed by atoms with Crippen LogP contribution in [-0.2, 0) is 38.1 Å². The molecular formula is C19H26O8S. The van der Waals surface area contributed by atoms with Gasteiger partial charge in [0.2, 0.25) is 0 Å². The van der Waals surface area contributed by atoms with E-state index in [1.165, 1.54) is 26.0 Å². The van der Waals surface area contributed by atoms with Crippen molar-refractivity contribution in [2.75, 3.05) is 6.61 Å². The van der Waals surface area contributed by atoms with E-state index in [9.17, 15) is 18.0 Å². The summed E-state index contributed by atoms with van der Waals surface area (Å²) >= 11 is 0. The van der Waals surface area contributed by atoms with E-state index in [2.05, 4.69) is 0 Å². The van der Waals surface area contributed by atoms with Gasteiger partial charge in [0.15, 0.2) is 11.7 Å². The standard InChI is InChI=1S/C19H26O8S/c1-12-7-9-16(10-8-12)28(22,23)24-11-18(5)17(25-14(3)20)19(6,13(2)26-18)27-15(4)21/h7-10,13,17H,11H2,1-6H3/t13-,17+,18+,19+/m0/s1. The maximum absolute atomic E-state index is 12.5. The highest BCUT2D eigenvalue weighted by Crippen LogP contribution is 2.43. The summed E-state index contributed by atoms with van der Waals surface area (Å²) in [6, 6.07) is 6.20. The normalized spacial score (nSPS) is 30.1. The van der Waals surface area contributed by atoms with Gasteiger partial charge in [-0.25, -0.2) is 0 Å². The lowest BCUT2D eigenvalue weighted by molar-refractivity contribution is -0.182. The summed E-state index contributed by atoms with van der Waals surface area (Å²) in [6.45, 7) is 8.63. The van der Waals surface area contributed by atoms with Crippen molar-refractivity contribution in [2.24, 2.45) is 0 Å². The Balaban J connectivity index is 2.29. The zero-order chi connectivity index (χ0) is 21.3. The van der Waals surface area contributed by atoms with Crippen LogP contribution in [0.2, 0.25) is 0 Å². The molecule has 1 aromatic rings. The summed E-state index contributed by atoms with van der Waals surface area (Å²) < 4.78 is 46.9. The topological polar surface area (TPSA) is 105 Å². The molecule has 0 radical (unpaired) electrons. The number of benzene rings is 1. The highest BCUT2D eigenvalue weighted by Gasteiger charge is 2.63. The Morgan fingerprint density at radius 2 is 1.68 bits per heavy atom. The molecular weight excluding hydrogens is 388 g/mol. The molecule has 1 heterocycles. The van der Waals surface area contributed by atoms with E-state index < -0.39 is 52.1 Å². The first-order valence-corrected chi connectivity index (χ1v) is 10.2. The van der Waals surface area contributed by atoms with Gasteiger partial charge in [-0.15, -0.1) is 0 Å². The van der Waals surface area contributed by atoms with Crippen LogP contribution >= 0.6 is 0 Å². The van der Waals surface area contributed by atoms with Gasteiger partial charge in [0.1, 0.15) is 5.60 Å². The molecule has 0 spiro atoms. The molecule has 28 heavy (non-hydrogen) atoms. The van der Waals surface area contributed by atoms with Crippen LogP contribution in [0.15, 0.2) is 29.2 Å². The predicted octanol–water partition coefficient (Wildman–Crippen LogP) is 2.13. The van der Waals surface area contributed by atoms with E-state index in [0.29, 0.717) is 0 Å². The van der Waals surface area contributed by atoms with Gasteiger partial charge >= 0.3 is 11.9 Å². The fourth-order valence-electron chi connectivity index (χ4n) is 3.33. The van der Waals surface area contributed by atoms with Crippen LogP contribution in [0, 0.1) is 6.92 Å². The van der Waals surface area contributed by atoms with Gasteiger partial charge in [-0.3, -0.25) is 13.8 Å². The number of rotatable bonds is 6. The third kappa shape index (κ3) is 4.53. The van der Waals surface area contributed by atoms with Crippen LogP contribution < -0.4 is 0 Å².